The van der Waals surface area contributed by atoms with E-state index in [1.807, 2.05) is 6.08 Å². The Morgan fingerprint density at radius 2 is 2.35 bits per heavy atom. The number of alkyl halides is 1. The van der Waals surface area contributed by atoms with Crippen molar-refractivity contribution in [3.8, 4) is 12.3 Å². The molecule has 2 unspecified atom stereocenters. The molecule has 92 valence electrons. The van der Waals surface area contributed by atoms with E-state index in [1.165, 1.54) is 6.42 Å². The van der Waals surface area contributed by atoms with Gasteiger partial charge in [0.2, 0.25) is 0 Å². The highest BCUT2D eigenvalue weighted by atomic mass is 19.1. The maximum atomic E-state index is 13.2. The summed E-state index contributed by atoms with van der Waals surface area (Å²) in [6.45, 7) is 4.16. The molecule has 1 aliphatic carbocycles. The number of hydrogen-bond donors (Lipinski definition) is 0. The molecule has 2 atom stereocenters. The van der Waals surface area contributed by atoms with Crippen LogP contribution in [0, 0.1) is 18.3 Å². The van der Waals surface area contributed by atoms with Crippen molar-refractivity contribution in [1.29, 1.82) is 0 Å². The minimum Gasteiger partial charge on any atom is -0.296 e. The molecule has 0 aromatic carbocycles. The predicted molar refractivity (Wildman–Crippen MR) is 69.4 cm³/mol. The highest BCUT2D eigenvalue weighted by molar-refractivity contribution is 5.36. The van der Waals surface area contributed by atoms with Crippen LogP contribution >= 0.6 is 0 Å². The zero-order chi connectivity index (χ0) is 12.3. The molecule has 0 bridgehead atoms. The minimum atomic E-state index is -0.334. The lowest BCUT2D eigenvalue weighted by molar-refractivity contribution is 0.255. The molecular formula is C15H20FN. The molecule has 0 aromatic rings. The second-order valence-corrected chi connectivity index (χ2v) is 5.13. The Labute approximate surface area is 103 Å². The fourth-order valence-corrected chi connectivity index (χ4v) is 3.01. The molecule has 0 spiro atoms. The summed E-state index contributed by atoms with van der Waals surface area (Å²) in [6.07, 6.45) is 12.1. The second-order valence-electron chi connectivity index (χ2n) is 5.13. The first-order chi connectivity index (χ1) is 8.26. The molecule has 2 aliphatic rings. The van der Waals surface area contributed by atoms with Crippen molar-refractivity contribution in [3.05, 3.63) is 23.3 Å². The van der Waals surface area contributed by atoms with Crippen LogP contribution in [-0.4, -0.2) is 30.7 Å². The first-order valence-corrected chi connectivity index (χ1v) is 6.41. The molecule has 17 heavy (non-hydrogen) atoms. The fraction of sp³-hybridized carbons (Fsp3) is 0.600. The Morgan fingerprint density at radius 3 is 2.94 bits per heavy atom. The van der Waals surface area contributed by atoms with Crippen molar-refractivity contribution in [2.45, 2.75) is 32.2 Å². The van der Waals surface area contributed by atoms with Crippen molar-refractivity contribution in [1.82, 2.24) is 4.90 Å². The number of terminal acetylenes is 1. The molecule has 2 rings (SSSR count). The SMILES string of the molecule is C#C/C=C\C1=C(CF)C(N2CCC(C)C2)CC1. The molecule has 1 nitrogen and oxygen atoms in total. The lowest BCUT2D eigenvalue weighted by Crippen LogP contribution is -2.33. The predicted octanol–water partition coefficient (Wildman–Crippen LogP) is 2.95. The number of rotatable bonds is 3. The quantitative estimate of drug-likeness (QED) is 0.677. The normalized spacial score (nSPS) is 30.4. The van der Waals surface area contributed by atoms with Gasteiger partial charge in [-0.05, 0) is 48.9 Å². The third kappa shape index (κ3) is 2.61. The fourth-order valence-electron chi connectivity index (χ4n) is 3.01. The summed E-state index contributed by atoms with van der Waals surface area (Å²) in [5.74, 6) is 3.23. The Hall–Kier alpha value is -1.07. The summed E-state index contributed by atoms with van der Waals surface area (Å²) >= 11 is 0. The molecule has 0 aromatic heterocycles. The van der Waals surface area contributed by atoms with Gasteiger partial charge in [-0.1, -0.05) is 18.9 Å². The van der Waals surface area contributed by atoms with E-state index >= 15 is 0 Å². The first kappa shape index (κ1) is 12.4. The topological polar surface area (TPSA) is 3.24 Å². The molecule has 0 amide bonds. The first-order valence-electron chi connectivity index (χ1n) is 6.41. The molecule has 1 saturated heterocycles. The van der Waals surface area contributed by atoms with Gasteiger partial charge in [0.15, 0.2) is 0 Å². The van der Waals surface area contributed by atoms with Crippen LogP contribution in [-0.2, 0) is 0 Å². The summed E-state index contributed by atoms with van der Waals surface area (Å²) in [7, 11) is 0. The van der Waals surface area contributed by atoms with Crippen LogP contribution in [0.3, 0.4) is 0 Å². The molecule has 1 aliphatic heterocycles. The van der Waals surface area contributed by atoms with Gasteiger partial charge in [-0.2, -0.15) is 0 Å². The van der Waals surface area contributed by atoms with Crippen LogP contribution in [0.4, 0.5) is 4.39 Å². The van der Waals surface area contributed by atoms with E-state index in [1.54, 1.807) is 6.08 Å². The summed E-state index contributed by atoms with van der Waals surface area (Å²) in [5, 5.41) is 0. The lowest BCUT2D eigenvalue weighted by atomic mass is 10.1. The van der Waals surface area contributed by atoms with Gasteiger partial charge in [0.05, 0.1) is 0 Å². The van der Waals surface area contributed by atoms with Gasteiger partial charge in [0, 0.05) is 12.6 Å². The zero-order valence-corrected chi connectivity index (χ0v) is 10.5. The van der Waals surface area contributed by atoms with Gasteiger partial charge in [-0.3, -0.25) is 4.90 Å². The van der Waals surface area contributed by atoms with Crippen LogP contribution in [0.5, 0.6) is 0 Å². The van der Waals surface area contributed by atoms with Gasteiger partial charge < -0.3 is 0 Å². The van der Waals surface area contributed by atoms with Crippen LogP contribution in [0.2, 0.25) is 0 Å². The monoisotopic (exact) mass is 233 g/mol. The van der Waals surface area contributed by atoms with E-state index in [0.717, 1.165) is 43.0 Å². The lowest BCUT2D eigenvalue weighted by Gasteiger charge is -2.25. The standard InChI is InChI=1S/C15H20FN/c1-3-4-5-13-6-7-15(14(13)10-16)17-9-8-12(2)11-17/h1,4-5,12,15H,6-11H2,2H3/b5-4-. The summed E-state index contributed by atoms with van der Waals surface area (Å²) in [4.78, 5) is 2.44. The van der Waals surface area contributed by atoms with Crippen LogP contribution in [0.1, 0.15) is 26.2 Å². The number of hydrogen-bond acceptors (Lipinski definition) is 1. The second kappa shape index (κ2) is 5.51. The summed E-state index contributed by atoms with van der Waals surface area (Å²) in [5.41, 5.74) is 2.08. The Morgan fingerprint density at radius 1 is 1.53 bits per heavy atom. The molecule has 1 fully saturated rings. The Bertz CT molecular complexity index is 375. The van der Waals surface area contributed by atoms with Crippen molar-refractivity contribution in [3.63, 3.8) is 0 Å². The highest BCUT2D eigenvalue weighted by Gasteiger charge is 2.32. The Balaban J connectivity index is 2.12. The molecule has 0 radical (unpaired) electrons. The van der Waals surface area contributed by atoms with Crippen molar-refractivity contribution in [2.75, 3.05) is 19.8 Å². The van der Waals surface area contributed by atoms with E-state index < -0.39 is 0 Å². The molecule has 0 saturated carbocycles. The van der Waals surface area contributed by atoms with E-state index in [-0.39, 0.29) is 6.67 Å². The molecule has 0 N–H and O–H groups in total. The van der Waals surface area contributed by atoms with Gasteiger partial charge in [-0.25, -0.2) is 4.39 Å². The zero-order valence-electron chi connectivity index (χ0n) is 10.5. The third-order valence-corrected chi connectivity index (χ3v) is 3.92. The Kier molecular flexibility index (Phi) is 4.02. The summed E-state index contributed by atoms with van der Waals surface area (Å²) in [6, 6.07) is 0.322. The van der Waals surface area contributed by atoms with Gasteiger partial charge in [0.1, 0.15) is 6.67 Å². The number of allylic oxidation sites excluding steroid dienone is 3. The average Bonchev–Trinajstić information content (AvgIpc) is 2.91. The minimum absolute atomic E-state index is 0.322. The van der Waals surface area contributed by atoms with Crippen molar-refractivity contribution >= 4 is 0 Å². The third-order valence-electron chi connectivity index (χ3n) is 3.92. The van der Waals surface area contributed by atoms with E-state index in [0.29, 0.717) is 6.04 Å². The van der Waals surface area contributed by atoms with E-state index in [2.05, 4.69) is 17.7 Å². The van der Waals surface area contributed by atoms with E-state index in [9.17, 15) is 4.39 Å². The number of nitrogens with zero attached hydrogens (tertiary/aromatic N) is 1. The number of likely N-dealkylation sites (tertiary alicyclic amines) is 1. The smallest absolute Gasteiger partial charge is 0.113 e. The van der Waals surface area contributed by atoms with Crippen LogP contribution in [0.25, 0.3) is 0 Å². The van der Waals surface area contributed by atoms with Crippen LogP contribution in [0.15, 0.2) is 23.3 Å². The van der Waals surface area contributed by atoms with Crippen LogP contribution < -0.4 is 0 Å². The highest BCUT2D eigenvalue weighted by Crippen LogP contribution is 2.34. The van der Waals surface area contributed by atoms with E-state index in [4.69, 9.17) is 6.42 Å². The maximum Gasteiger partial charge on any atom is 0.113 e. The van der Waals surface area contributed by atoms with Gasteiger partial charge >= 0.3 is 0 Å². The average molecular weight is 233 g/mol. The molecule has 2 heteroatoms. The van der Waals surface area contributed by atoms with Gasteiger partial charge in [-0.15, -0.1) is 6.42 Å². The number of halogens is 1. The summed E-state index contributed by atoms with van der Waals surface area (Å²) < 4.78 is 13.2. The largest absolute Gasteiger partial charge is 0.296 e. The van der Waals surface area contributed by atoms with Crippen molar-refractivity contribution in [2.24, 2.45) is 5.92 Å². The van der Waals surface area contributed by atoms with Gasteiger partial charge in [0.25, 0.3) is 0 Å². The molecule has 1 heterocycles. The molecular weight excluding hydrogens is 213 g/mol. The van der Waals surface area contributed by atoms with Crippen molar-refractivity contribution < 1.29 is 4.39 Å². The maximum absolute atomic E-state index is 13.2.